The van der Waals surface area contributed by atoms with Crippen molar-refractivity contribution in [2.24, 2.45) is 17.6 Å². The average molecular weight is 558 g/mol. The van der Waals surface area contributed by atoms with Gasteiger partial charge in [-0.05, 0) is 44.5 Å². The van der Waals surface area contributed by atoms with E-state index in [4.69, 9.17) is 5.73 Å². The predicted molar refractivity (Wildman–Crippen MR) is 146 cm³/mol. The number of phenols is 1. The summed E-state index contributed by atoms with van der Waals surface area (Å²) in [5.41, 5.74) is 2.76. The van der Waals surface area contributed by atoms with Gasteiger partial charge in [0, 0.05) is 45.4 Å². The van der Waals surface area contributed by atoms with Crippen LogP contribution in [-0.4, -0.2) is 114 Å². The number of aliphatic hydroxyl groups is 3. The lowest BCUT2D eigenvalue weighted by Gasteiger charge is -2.50. The fourth-order valence-electron chi connectivity index (χ4n) is 6.15. The normalized spacial score (nSPS) is 25.9. The van der Waals surface area contributed by atoms with E-state index in [0.29, 0.717) is 11.3 Å². The number of ketones is 2. The molecule has 1 fully saturated rings. The van der Waals surface area contributed by atoms with Crippen molar-refractivity contribution in [2.75, 3.05) is 59.0 Å². The number of likely N-dealkylation sites (N-methyl/N-ethyl adjacent to an activating group) is 2. The number of nitrogens with one attached hydrogen (secondary N) is 1. The highest BCUT2D eigenvalue weighted by atomic mass is 16.3. The number of carbonyl (C=O) groups excluding carboxylic acids is 4. The van der Waals surface area contributed by atoms with Gasteiger partial charge < -0.3 is 41.3 Å². The molecule has 13 nitrogen and oxygen atoms in total. The number of Topliss-reactive ketones (excluding diaryl/α,β-unsaturated/α-hetero) is 2. The lowest BCUT2D eigenvalue weighted by Crippen LogP contribution is -2.65. The van der Waals surface area contributed by atoms with E-state index in [2.05, 4.69) is 5.32 Å². The number of aromatic hydroxyl groups is 1. The van der Waals surface area contributed by atoms with E-state index in [9.17, 15) is 39.6 Å². The van der Waals surface area contributed by atoms with Crippen molar-refractivity contribution in [1.82, 2.24) is 9.80 Å². The number of nitrogens with zero attached hydrogens (tertiary/aromatic N) is 3. The fraction of sp³-hybridized carbons (Fsp3) is 0.481. The zero-order valence-electron chi connectivity index (χ0n) is 23.3. The summed E-state index contributed by atoms with van der Waals surface area (Å²) in [5.74, 6) is -7.42. The summed E-state index contributed by atoms with van der Waals surface area (Å²) in [7, 11) is 9.78. The minimum Gasteiger partial charge on any atom is -0.508 e. The Morgan fingerprint density at radius 3 is 2.25 bits per heavy atom. The molecule has 4 rings (SSSR count). The molecule has 13 heteroatoms. The summed E-state index contributed by atoms with van der Waals surface area (Å²) in [5, 5.41) is 48.3. The molecule has 4 atom stereocenters. The second-order valence-electron chi connectivity index (χ2n) is 11.1. The van der Waals surface area contributed by atoms with Crippen LogP contribution in [0.1, 0.15) is 17.5 Å². The number of aliphatic hydroxyl groups excluding tert-OH is 2. The van der Waals surface area contributed by atoms with Gasteiger partial charge in [0.15, 0.2) is 11.4 Å². The second-order valence-corrected chi connectivity index (χ2v) is 11.1. The first kappa shape index (κ1) is 28.9. The van der Waals surface area contributed by atoms with Crippen LogP contribution in [0.3, 0.4) is 0 Å². The van der Waals surface area contributed by atoms with E-state index in [1.54, 1.807) is 53.3 Å². The van der Waals surface area contributed by atoms with Crippen LogP contribution in [0.25, 0.3) is 5.76 Å². The van der Waals surface area contributed by atoms with Crippen LogP contribution >= 0.6 is 0 Å². The number of amides is 2. The van der Waals surface area contributed by atoms with Crippen molar-refractivity contribution in [1.29, 1.82) is 0 Å². The van der Waals surface area contributed by atoms with Crippen molar-refractivity contribution >= 4 is 40.5 Å². The molecule has 0 saturated heterocycles. The van der Waals surface area contributed by atoms with Crippen molar-refractivity contribution < 1.29 is 39.6 Å². The molecule has 3 aliphatic rings. The van der Waals surface area contributed by atoms with Crippen molar-refractivity contribution in [3.8, 4) is 5.75 Å². The van der Waals surface area contributed by atoms with Gasteiger partial charge in [-0.2, -0.15) is 0 Å². The highest BCUT2D eigenvalue weighted by Gasteiger charge is 2.64. The minimum atomic E-state index is -2.71. The molecule has 216 valence electrons. The molecule has 1 saturated carbocycles. The Kier molecular flexibility index (Phi) is 7.10. The van der Waals surface area contributed by atoms with Crippen LogP contribution in [0.2, 0.25) is 0 Å². The third-order valence-corrected chi connectivity index (χ3v) is 8.11. The monoisotopic (exact) mass is 557 g/mol. The van der Waals surface area contributed by atoms with Gasteiger partial charge in [0.05, 0.1) is 23.8 Å². The van der Waals surface area contributed by atoms with E-state index >= 15 is 0 Å². The number of carbonyl (C=O) groups is 4. The molecule has 1 aromatic rings. The first-order chi connectivity index (χ1) is 18.5. The second kappa shape index (κ2) is 9.82. The number of fused-ring (bicyclic) bond motifs is 3. The number of anilines is 2. The number of nitrogens with two attached hydrogens (primary N) is 1. The molecule has 0 bridgehead atoms. The molecule has 2 amide bonds. The van der Waals surface area contributed by atoms with Gasteiger partial charge >= 0.3 is 0 Å². The molecule has 7 N–H and O–H groups in total. The molecule has 0 radical (unpaired) electrons. The Morgan fingerprint density at radius 2 is 1.73 bits per heavy atom. The zero-order valence-corrected chi connectivity index (χ0v) is 23.3. The van der Waals surface area contributed by atoms with Gasteiger partial charge in [0.2, 0.25) is 11.7 Å². The summed E-state index contributed by atoms with van der Waals surface area (Å²) in [6.45, 7) is -0.152. The number of phenolic OH excluding ortho intramolecular Hbond substituents is 1. The molecular formula is C27H35N5O8. The Labute approximate surface area is 231 Å². The molecule has 3 aliphatic carbocycles. The number of hydrogen-bond donors (Lipinski definition) is 6. The van der Waals surface area contributed by atoms with Gasteiger partial charge in [-0.15, -0.1) is 0 Å². The van der Waals surface area contributed by atoms with Crippen LogP contribution in [-0.2, 0) is 25.6 Å². The topological polar surface area (TPSA) is 197 Å². The quantitative estimate of drug-likeness (QED) is 0.195. The number of benzene rings is 1. The highest BCUT2D eigenvalue weighted by Crippen LogP contribution is 2.54. The Hall–Kier alpha value is -4.10. The fourth-order valence-corrected chi connectivity index (χ4v) is 6.15. The van der Waals surface area contributed by atoms with Crippen LogP contribution in [0.5, 0.6) is 5.75 Å². The maximum atomic E-state index is 14.0. The van der Waals surface area contributed by atoms with Gasteiger partial charge in [-0.3, -0.25) is 24.1 Å². The standard InChI is InChI=1S/C27H35N5O8/c1-30(2)15-9-14(29-10-16(33)31(3)4)21(34)18-12(15)7-11-8-13-20(32(5)6)23(36)19(26(28)39)25(38)27(13,40)24(37)17(11)22(18)35/h9,11,13,20,29,34-35,38,40H,7-8,10H2,1-6H3,(H2,28,39). The minimum absolute atomic E-state index is 0.00324. The van der Waals surface area contributed by atoms with Crippen LogP contribution in [0.15, 0.2) is 23.0 Å². The van der Waals surface area contributed by atoms with E-state index in [0.717, 1.165) is 0 Å². The van der Waals surface area contributed by atoms with Crippen molar-refractivity contribution in [3.63, 3.8) is 0 Å². The van der Waals surface area contributed by atoms with E-state index in [1.807, 2.05) is 0 Å². The largest absolute Gasteiger partial charge is 0.508 e. The summed E-state index contributed by atoms with van der Waals surface area (Å²) in [6, 6.07) is 0.483. The summed E-state index contributed by atoms with van der Waals surface area (Å²) in [6.07, 6.45) is 0.156. The number of rotatable bonds is 6. The SMILES string of the molecule is CN(C)C(=O)CNc1cc(N(C)C)c2c(c1O)C(O)=C1C(=O)C3(O)C(O)=C(C(N)=O)C(=O)C(N(C)C)C3CC1C2. The molecule has 1 aromatic carbocycles. The molecule has 0 aromatic heterocycles. The molecule has 4 unspecified atom stereocenters. The smallest absolute Gasteiger partial charge is 0.255 e. The molecule has 0 aliphatic heterocycles. The van der Waals surface area contributed by atoms with E-state index in [1.165, 1.54) is 9.80 Å². The van der Waals surface area contributed by atoms with Crippen LogP contribution in [0, 0.1) is 11.8 Å². The third kappa shape index (κ3) is 4.07. The number of primary amides is 1. The lowest BCUT2D eigenvalue weighted by molar-refractivity contribution is -0.153. The van der Waals surface area contributed by atoms with Gasteiger partial charge in [0.1, 0.15) is 22.8 Å². The molecule has 0 spiro atoms. The Bertz CT molecular complexity index is 1400. The molecular weight excluding hydrogens is 522 g/mol. The van der Waals surface area contributed by atoms with Crippen LogP contribution < -0.4 is 16.0 Å². The lowest BCUT2D eigenvalue weighted by atomic mass is 9.57. The maximum Gasteiger partial charge on any atom is 0.255 e. The van der Waals surface area contributed by atoms with Crippen LogP contribution in [0.4, 0.5) is 11.4 Å². The van der Waals surface area contributed by atoms with Gasteiger partial charge in [-0.1, -0.05) is 0 Å². The third-order valence-electron chi connectivity index (χ3n) is 8.11. The molecule has 0 heterocycles. The maximum absolute atomic E-state index is 14.0. The van der Waals surface area contributed by atoms with Crippen molar-refractivity contribution in [3.05, 3.63) is 34.1 Å². The molecule has 40 heavy (non-hydrogen) atoms. The van der Waals surface area contributed by atoms with Crippen molar-refractivity contribution in [2.45, 2.75) is 24.5 Å². The Balaban J connectivity index is 1.93. The average Bonchev–Trinajstić information content (AvgIpc) is 2.84. The summed E-state index contributed by atoms with van der Waals surface area (Å²) < 4.78 is 0. The number of hydrogen-bond acceptors (Lipinski definition) is 11. The van der Waals surface area contributed by atoms with E-state index in [-0.39, 0.29) is 42.1 Å². The first-order valence-corrected chi connectivity index (χ1v) is 12.7. The Morgan fingerprint density at radius 1 is 1.10 bits per heavy atom. The first-order valence-electron chi connectivity index (χ1n) is 12.7. The summed E-state index contributed by atoms with van der Waals surface area (Å²) >= 11 is 0. The highest BCUT2D eigenvalue weighted by molar-refractivity contribution is 6.24. The summed E-state index contributed by atoms with van der Waals surface area (Å²) in [4.78, 5) is 56.1. The van der Waals surface area contributed by atoms with Gasteiger partial charge in [-0.25, -0.2) is 0 Å². The van der Waals surface area contributed by atoms with Gasteiger partial charge in [0.25, 0.3) is 5.91 Å². The van der Waals surface area contributed by atoms with E-state index < -0.39 is 63.8 Å². The predicted octanol–water partition coefficient (Wildman–Crippen LogP) is -0.470. The zero-order chi connectivity index (χ0) is 30.0.